The summed E-state index contributed by atoms with van der Waals surface area (Å²) in [4.78, 5) is 16.9. The number of hydrogen-bond acceptors (Lipinski definition) is 4. The van der Waals surface area contributed by atoms with Gasteiger partial charge in [-0.15, -0.1) is 0 Å². The van der Waals surface area contributed by atoms with Crippen LogP contribution in [0.15, 0.2) is 54.7 Å². The molecule has 2 N–H and O–H groups in total. The van der Waals surface area contributed by atoms with Gasteiger partial charge in [0.05, 0.1) is 35.6 Å². The van der Waals surface area contributed by atoms with E-state index in [-0.39, 0.29) is 29.0 Å². The van der Waals surface area contributed by atoms with Crippen LogP contribution in [0.25, 0.3) is 16.9 Å². The summed E-state index contributed by atoms with van der Waals surface area (Å²) < 4.78 is 68.2. The van der Waals surface area contributed by atoms with Crippen LogP contribution in [-0.2, 0) is 0 Å². The summed E-state index contributed by atoms with van der Waals surface area (Å²) in [6, 6.07) is 12.4. The van der Waals surface area contributed by atoms with Gasteiger partial charge in [-0.3, -0.25) is 9.18 Å². The first-order valence-electron chi connectivity index (χ1n) is 12.6. The van der Waals surface area contributed by atoms with Gasteiger partial charge in [-0.2, -0.15) is 18.3 Å². The van der Waals surface area contributed by atoms with Crippen LogP contribution in [0.4, 0.5) is 27.6 Å². The Morgan fingerprint density at radius 1 is 1.15 bits per heavy atom. The van der Waals surface area contributed by atoms with Crippen molar-refractivity contribution in [3.63, 3.8) is 0 Å². The van der Waals surface area contributed by atoms with Crippen molar-refractivity contribution in [2.75, 3.05) is 18.5 Å². The number of hydrogen-bond donors (Lipinski definition) is 2. The number of fused-ring (bicyclic) bond motifs is 1. The zero-order chi connectivity index (χ0) is 27.7. The number of anilines is 1. The highest BCUT2D eigenvalue weighted by atomic mass is 19.4. The van der Waals surface area contributed by atoms with E-state index in [0.717, 1.165) is 18.4 Å². The number of aromatic nitrogens is 3. The van der Waals surface area contributed by atoms with Gasteiger partial charge in [-0.1, -0.05) is 18.2 Å². The minimum Gasteiger partial charge on any atom is -0.382 e. The van der Waals surface area contributed by atoms with Crippen LogP contribution in [0.3, 0.4) is 0 Å². The predicted molar refractivity (Wildman–Crippen MR) is 137 cm³/mol. The van der Waals surface area contributed by atoms with Gasteiger partial charge in [0.2, 0.25) is 0 Å². The number of benzene rings is 2. The lowest BCUT2D eigenvalue weighted by Crippen LogP contribution is -2.26. The number of nitrogens with zero attached hydrogens (tertiary/aromatic N) is 3. The number of imidazole rings is 1. The average molecular weight is 544 g/mol. The second-order valence-electron chi connectivity index (χ2n) is 9.69. The molecule has 0 saturated heterocycles. The SMILES string of the molecule is Cc1cc(-c2cnc3c(NCCC(F)(F)F)cc(C(CF)c4cccc(F)c4)nn23)ccc1C(=O)NC1CC1. The van der Waals surface area contributed by atoms with E-state index in [1.54, 1.807) is 31.2 Å². The fourth-order valence-electron chi connectivity index (χ4n) is 4.45. The number of alkyl halides is 4. The van der Waals surface area contributed by atoms with Crippen molar-refractivity contribution >= 4 is 17.2 Å². The summed E-state index contributed by atoms with van der Waals surface area (Å²) in [6.45, 7) is 0.480. The lowest BCUT2D eigenvalue weighted by atomic mass is 9.96. The summed E-state index contributed by atoms with van der Waals surface area (Å²) in [5.41, 5.74) is 3.45. The number of halogens is 5. The molecular weight excluding hydrogens is 517 g/mol. The number of nitrogens with one attached hydrogen (secondary N) is 2. The molecule has 0 bridgehead atoms. The third kappa shape index (κ3) is 6.02. The zero-order valence-electron chi connectivity index (χ0n) is 21.0. The van der Waals surface area contributed by atoms with Crippen molar-refractivity contribution in [3.05, 3.63) is 82.9 Å². The molecule has 2 aromatic carbocycles. The van der Waals surface area contributed by atoms with Gasteiger partial charge in [0.15, 0.2) is 5.65 Å². The van der Waals surface area contributed by atoms with Crippen molar-refractivity contribution in [2.24, 2.45) is 0 Å². The third-order valence-corrected chi connectivity index (χ3v) is 6.65. The Morgan fingerprint density at radius 3 is 2.62 bits per heavy atom. The Labute approximate surface area is 221 Å². The third-order valence-electron chi connectivity index (χ3n) is 6.65. The zero-order valence-corrected chi connectivity index (χ0v) is 21.0. The molecule has 1 amide bonds. The standard InChI is InChI=1S/C28H26F5N5O/c1-16-11-18(5-8-21(16)27(39)36-20-6-7-20)25-15-35-26-24(34-10-9-28(31,32)33)13-23(37-38(25)26)22(14-29)17-3-2-4-19(30)12-17/h2-5,8,11-13,15,20,22,34H,6-7,9-10,14H2,1H3,(H,36,39). The predicted octanol–water partition coefficient (Wildman–Crippen LogP) is 6.20. The molecule has 11 heteroatoms. The molecule has 39 heavy (non-hydrogen) atoms. The first-order chi connectivity index (χ1) is 18.6. The molecule has 0 radical (unpaired) electrons. The molecule has 0 spiro atoms. The highest BCUT2D eigenvalue weighted by molar-refractivity contribution is 5.96. The number of carbonyl (C=O) groups is 1. The molecule has 0 aliphatic heterocycles. The smallest absolute Gasteiger partial charge is 0.382 e. The van der Waals surface area contributed by atoms with E-state index in [1.165, 1.54) is 35.0 Å². The molecule has 1 aliphatic rings. The Kier molecular flexibility index (Phi) is 7.24. The molecule has 1 unspecified atom stereocenters. The number of amides is 1. The first-order valence-corrected chi connectivity index (χ1v) is 12.6. The van der Waals surface area contributed by atoms with Crippen molar-refractivity contribution in [1.82, 2.24) is 19.9 Å². The van der Waals surface area contributed by atoms with Gasteiger partial charge >= 0.3 is 6.18 Å². The summed E-state index contributed by atoms with van der Waals surface area (Å²) in [5.74, 6) is -1.66. The lowest BCUT2D eigenvalue weighted by molar-refractivity contribution is -0.131. The minimum atomic E-state index is -4.37. The average Bonchev–Trinajstić information content (AvgIpc) is 3.58. The van der Waals surface area contributed by atoms with Crippen molar-refractivity contribution < 1.29 is 26.7 Å². The molecule has 1 atom stereocenters. The van der Waals surface area contributed by atoms with Gasteiger partial charge in [-0.25, -0.2) is 13.9 Å². The molecule has 1 saturated carbocycles. The molecule has 5 rings (SSSR count). The van der Waals surface area contributed by atoms with Crippen molar-refractivity contribution in [3.8, 4) is 11.3 Å². The molecular formula is C28H26F5N5O. The molecule has 2 heterocycles. The number of aryl methyl sites for hydroxylation is 1. The normalized spacial score (nSPS) is 14.4. The first kappa shape index (κ1) is 26.6. The molecule has 4 aromatic rings. The summed E-state index contributed by atoms with van der Waals surface area (Å²) in [5, 5.41) is 10.3. The van der Waals surface area contributed by atoms with Crippen LogP contribution in [0.2, 0.25) is 0 Å². The van der Waals surface area contributed by atoms with Crippen LogP contribution in [-0.4, -0.2) is 45.9 Å². The molecule has 1 aliphatic carbocycles. The van der Waals surface area contributed by atoms with Crippen LogP contribution in [0.1, 0.15) is 52.4 Å². The van der Waals surface area contributed by atoms with Gasteiger partial charge in [-0.05, 0) is 61.2 Å². The largest absolute Gasteiger partial charge is 0.390 e. The molecule has 1 fully saturated rings. The van der Waals surface area contributed by atoms with E-state index in [9.17, 15) is 26.7 Å². The summed E-state index contributed by atoms with van der Waals surface area (Å²) in [6.07, 6.45) is -1.99. The summed E-state index contributed by atoms with van der Waals surface area (Å²) >= 11 is 0. The van der Waals surface area contributed by atoms with Gasteiger partial charge in [0, 0.05) is 23.7 Å². The Hall–Kier alpha value is -4.02. The van der Waals surface area contributed by atoms with Gasteiger partial charge in [0.1, 0.15) is 12.5 Å². The van der Waals surface area contributed by atoms with Crippen molar-refractivity contribution in [1.29, 1.82) is 0 Å². The lowest BCUT2D eigenvalue weighted by Gasteiger charge is -2.17. The Balaban J connectivity index is 1.57. The van der Waals surface area contributed by atoms with Gasteiger partial charge < -0.3 is 10.6 Å². The summed E-state index contributed by atoms with van der Waals surface area (Å²) in [7, 11) is 0. The minimum absolute atomic E-state index is 0.155. The van der Waals surface area contributed by atoms with Crippen LogP contribution in [0.5, 0.6) is 0 Å². The van der Waals surface area contributed by atoms with E-state index in [1.807, 2.05) is 0 Å². The number of carbonyl (C=O) groups excluding carboxylic acids is 1. The maximum absolute atomic E-state index is 14.3. The van der Waals surface area contributed by atoms with E-state index in [2.05, 4.69) is 20.7 Å². The number of rotatable bonds is 9. The maximum Gasteiger partial charge on any atom is 0.390 e. The topological polar surface area (TPSA) is 71.3 Å². The van der Waals surface area contributed by atoms with Gasteiger partial charge in [0.25, 0.3) is 5.91 Å². The van der Waals surface area contributed by atoms with Crippen LogP contribution >= 0.6 is 0 Å². The molecule has 204 valence electrons. The van der Waals surface area contributed by atoms with E-state index >= 15 is 0 Å². The van der Waals surface area contributed by atoms with Crippen LogP contribution in [0, 0.1) is 12.7 Å². The fraction of sp³-hybridized carbons (Fsp3) is 0.321. The van der Waals surface area contributed by atoms with Crippen molar-refractivity contribution in [2.45, 2.75) is 44.3 Å². The molecule has 2 aromatic heterocycles. The second-order valence-corrected chi connectivity index (χ2v) is 9.69. The second kappa shape index (κ2) is 10.6. The van der Waals surface area contributed by atoms with Crippen LogP contribution < -0.4 is 10.6 Å². The Morgan fingerprint density at radius 2 is 1.95 bits per heavy atom. The fourth-order valence-corrected chi connectivity index (χ4v) is 4.45. The van der Waals surface area contributed by atoms with E-state index in [4.69, 9.17) is 0 Å². The van der Waals surface area contributed by atoms with E-state index < -0.39 is 37.6 Å². The monoisotopic (exact) mass is 543 g/mol. The Bertz CT molecular complexity index is 1510. The quantitative estimate of drug-likeness (QED) is 0.247. The maximum atomic E-state index is 14.3. The van der Waals surface area contributed by atoms with E-state index in [0.29, 0.717) is 22.4 Å². The highest BCUT2D eigenvalue weighted by Crippen LogP contribution is 2.31. The molecule has 6 nitrogen and oxygen atoms in total. The highest BCUT2D eigenvalue weighted by Gasteiger charge is 2.27.